The number of hydrogen-bond acceptors (Lipinski definition) is 2. The smallest absolute Gasteiger partial charge is 0.0734 e. The van der Waals surface area contributed by atoms with Crippen molar-refractivity contribution in [3.63, 3.8) is 0 Å². The van der Waals surface area contributed by atoms with E-state index in [0.717, 1.165) is 15.7 Å². The second-order valence-corrected chi connectivity index (χ2v) is 4.81. The third kappa shape index (κ3) is 2.14. The summed E-state index contributed by atoms with van der Waals surface area (Å²) in [5.74, 6) is 0. The molecule has 1 heterocycles. The Morgan fingerprint density at radius 3 is 2.81 bits per heavy atom. The molecule has 0 aliphatic rings. The zero-order valence-corrected chi connectivity index (χ0v) is 11.0. The number of nitrogens with two attached hydrogens (primary N) is 1. The van der Waals surface area contributed by atoms with E-state index >= 15 is 0 Å². The fourth-order valence-electron chi connectivity index (χ4n) is 1.60. The first-order valence-electron chi connectivity index (χ1n) is 4.78. The maximum atomic E-state index is 6.18. The molecule has 0 radical (unpaired) electrons. The van der Waals surface area contributed by atoms with Crippen molar-refractivity contribution in [2.45, 2.75) is 6.04 Å². The summed E-state index contributed by atoms with van der Waals surface area (Å²) in [6.07, 6.45) is 1.73. The number of rotatable bonds is 2. The van der Waals surface area contributed by atoms with Crippen LogP contribution >= 0.6 is 27.5 Å². The van der Waals surface area contributed by atoms with Gasteiger partial charge >= 0.3 is 0 Å². The molecule has 5 heteroatoms. The highest BCUT2D eigenvalue weighted by Gasteiger charge is 2.15. The number of hydrogen-bond donors (Lipinski definition) is 1. The number of nitrogens with zero attached hydrogens (tertiary/aromatic N) is 2. The van der Waals surface area contributed by atoms with Gasteiger partial charge in [0.25, 0.3) is 0 Å². The number of aryl methyl sites for hydroxylation is 1. The molecule has 0 aliphatic heterocycles. The summed E-state index contributed by atoms with van der Waals surface area (Å²) in [6.45, 7) is 0. The van der Waals surface area contributed by atoms with E-state index in [4.69, 9.17) is 17.3 Å². The largest absolute Gasteiger partial charge is 0.319 e. The second kappa shape index (κ2) is 4.57. The van der Waals surface area contributed by atoms with Crippen molar-refractivity contribution in [3.8, 4) is 0 Å². The van der Waals surface area contributed by atoms with Crippen LogP contribution in [0.4, 0.5) is 0 Å². The minimum atomic E-state index is -0.236. The highest BCUT2D eigenvalue weighted by molar-refractivity contribution is 9.10. The molecule has 0 saturated carbocycles. The van der Waals surface area contributed by atoms with E-state index in [-0.39, 0.29) is 6.04 Å². The minimum absolute atomic E-state index is 0.236. The van der Waals surface area contributed by atoms with Crippen LogP contribution < -0.4 is 5.73 Å². The van der Waals surface area contributed by atoms with Gasteiger partial charge in [-0.15, -0.1) is 0 Å². The molecular formula is C11H11BrClN3. The van der Waals surface area contributed by atoms with E-state index in [1.165, 1.54) is 0 Å². The summed E-state index contributed by atoms with van der Waals surface area (Å²) < 4.78 is 2.71. The summed E-state index contributed by atoms with van der Waals surface area (Å²) >= 11 is 9.44. The van der Waals surface area contributed by atoms with Gasteiger partial charge in [0.15, 0.2) is 0 Å². The molecule has 2 N–H and O–H groups in total. The average molecular weight is 301 g/mol. The molecule has 0 spiro atoms. The van der Waals surface area contributed by atoms with Gasteiger partial charge in [-0.25, -0.2) is 0 Å². The lowest BCUT2D eigenvalue weighted by Crippen LogP contribution is -2.16. The third-order valence-electron chi connectivity index (χ3n) is 2.47. The predicted octanol–water partition coefficient (Wildman–Crippen LogP) is 2.88. The number of halogens is 2. The molecule has 1 aromatic carbocycles. The van der Waals surface area contributed by atoms with Gasteiger partial charge in [-0.2, -0.15) is 5.10 Å². The number of benzene rings is 1. The predicted molar refractivity (Wildman–Crippen MR) is 68.4 cm³/mol. The molecule has 1 atom stereocenters. The Balaban J connectivity index is 2.45. The average Bonchev–Trinajstić information content (AvgIpc) is 2.67. The van der Waals surface area contributed by atoms with Crippen LogP contribution in [0.1, 0.15) is 17.3 Å². The maximum Gasteiger partial charge on any atom is 0.0734 e. The van der Waals surface area contributed by atoms with Crippen molar-refractivity contribution >= 4 is 27.5 Å². The van der Waals surface area contributed by atoms with E-state index < -0.39 is 0 Å². The van der Waals surface area contributed by atoms with Crippen LogP contribution in [0.5, 0.6) is 0 Å². The van der Waals surface area contributed by atoms with Crippen molar-refractivity contribution in [2.75, 3.05) is 0 Å². The summed E-state index contributed by atoms with van der Waals surface area (Å²) in [5.41, 5.74) is 8.08. The zero-order chi connectivity index (χ0) is 11.7. The highest BCUT2D eigenvalue weighted by Crippen LogP contribution is 2.28. The van der Waals surface area contributed by atoms with Gasteiger partial charge in [-0.3, -0.25) is 4.68 Å². The lowest BCUT2D eigenvalue weighted by Gasteiger charge is -2.14. The van der Waals surface area contributed by atoms with Crippen molar-refractivity contribution < 1.29 is 0 Å². The van der Waals surface area contributed by atoms with Crippen molar-refractivity contribution in [1.29, 1.82) is 0 Å². The normalized spacial score (nSPS) is 12.8. The molecule has 0 amide bonds. The van der Waals surface area contributed by atoms with Gasteiger partial charge in [0.2, 0.25) is 0 Å². The van der Waals surface area contributed by atoms with Crippen molar-refractivity contribution in [1.82, 2.24) is 9.78 Å². The van der Waals surface area contributed by atoms with E-state index in [1.54, 1.807) is 10.9 Å². The summed E-state index contributed by atoms with van der Waals surface area (Å²) in [6, 6.07) is 7.25. The quantitative estimate of drug-likeness (QED) is 0.927. The summed E-state index contributed by atoms with van der Waals surface area (Å²) in [4.78, 5) is 0. The Labute approximate surface area is 107 Å². The van der Waals surface area contributed by atoms with Crippen LogP contribution in [-0.2, 0) is 7.05 Å². The van der Waals surface area contributed by atoms with E-state index in [2.05, 4.69) is 21.0 Å². The monoisotopic (exact) mass is 299 g/mol. The molecule has 0 bridgehead atoms. The zero-order valence-electron chi connectivity index (χ0n) is 8.69. The highest BCUT2D eigenvalue weighted by atomic mass is 79.9. The van der Waals surface area contributed by atoms with E-state index in [0.29, 0.717) is 5.02 Å². The Morgan fingerprint density at radius 2 is 2.19 bits per heavy atom. The standard InChI is InChI=1S/C11H11BrClN3/c1-16-10(4-5-15-16)11(14)8-6-7(13)2-3-9(8)12/h2-6,11H,14H2,1H3. The first-order valence-corrected chi connectivity index (χ1v) is 5.95. The third-order valence-corrected chi connectivity index (χ3v) is 3.43. The molecule has 3 nitrogen and oxygen atoms in total. The molecule has 0 fully saturated rings. The summed E-state index contributed by atoms with van der Waals surface area (Å²) in [5, 5.41) is 4.78. The minimum Gasteiger partial charge on any atom is -0.319 e. The lowest BCUT2D eigenvalue weighted by atomic mass is 10.1. The Kier molecular flexibility index (Phi) is 3.33. The van der Waals surface area contributed by atoms with Crippen LogP contribution in [0, 0.1) is 0 Å². The summed E-state index contributed by atoms with van der Waals surface area (Å²) in [7, 11) is 1.87. The van der Waals surface area contributed by atoms with Crippen LogP contribution in [0.15, 0.2) is 34.9 Å². The molecule has 84 valence electrons. The fraction of sp³-hybridized carbons (Fsp3) is 0.182. The lowest BCUT2D eigenvalue weighted by molar-refractivity contribution is 0.672. The Morgan fingerprint density at radius 1 is 1.44 bits per heavy atom. The number of aromatic nitrogens is 2. The maximum absolute atomic E-state index is 6.18. The fourth-order valence-corrected chi connectivity index (χ4v) is 2.28. The second-order valence-electron chi connectivity index (χ2n) is 3.52. The molecular weight excluding hydrogens is 289 g/mol. The van der Waals surface area contributed by atoms with Crippen molar-refractivity contribution in [2.24, 2.45) is 12.8 Å². The van der Waals surface area contributed by atoms with Crippen LogP contribution in [0.3, 0.4) is 0 Å². The van der Waals surface area contributed by atoms with Gasteiger partial charge in [0.05, 0.1) is 11.7 Å². The molecule has 16 heavy (non-hydrogen) atoms. The molecule has 2 rings (SSSR count). The van der Waals surface area contributed by atoms with Gasteiger partial charge in [0.1, 0.15) is 0 Å². The Hall–Kier alpha value is -0.840. The van der Waals surface area contributed by atoms with Gasteiger partial charge in [-0.1, -0.05) is 27.5 Å². The first kappa shape index (κ1) is 11.6. The first-order chi connectivity index (χ1) is 7.59. The van der Waals surface area contributed by atoms with E-state index in [9.17, 15) is 0 Å². The van der Waals surface area contributed by atoms with E-state index in [1.807, 2.05) is 31.3 Å². The molecule has 1 unspecified atom stereocenters. The van der Waals surface area contributed by atoms with Crippen molar-refractivity contribution in [3.05, 3.63) is 51.2 Å². The molecule has 1 aromatic heterocycles. The van der Waals surface area contributed by atoms with Gasteiger partial charge in [0, 0.05) is 22.7 Å². The molecule has 2 aromatic rings. The topological polar surface area (TPSA) is 43.8 Å². The SMILES string of the molecule is Cn1nccc1C(N)c1cc(Cl)ccc1Br. The molecule has 0 saturated heterocycles. The van der Waals surface area contributed by atoms with Crippen LogP contribution in [0.25, 0.3) is 0 Å². The molecule has 0 aliphatic carbocycles. The van der Waals surface area contributed by atoms with Crippen LogP contribution in [0.2, 0.25) is 5.02 Å². The Bertz CT molecular complexity index is 510. The van der Waals surface area contributed by atoms with Gasteiger partial charge in [-0.05, 0) is 29.8 Å². The van der Waals surface area contributed by atoms with Gasteiger partial charge < -0.3 is 5.73 Å². The van der Waals surface area contributed by atoms with Crippen LogP contribution in [-0.4, -0.2) is 9.78 Å².